The Hall–Kier alpha value is -0.960. The van der Waals surface area contributed by atoms with E-state index in [1.807, 2.05) is 12.4 Å². The third kappa shape index (κ3) is 1.56. The fourth-order valence-electron chi connectivity index (χ4n) is 2.15. The van der Waals surface area contributed by atoms with Crippen molar-refractivity contribution in [3.63, 3.8) is 0 Å². The van der Waals surface area contributed by atoms with Crippen molar-refractivity contribution < 1.29 is 0 Å². The van der Waals surface area contributed by atoms with Gasteiger partial charge in [-0.2, -0.15) is 0 Å². The van der Waals surface area contributed by atoms with Gasteiger partial charge in [0, 0.05) is 23.5 Å². The molecular formula is C10H15N3. The van der Waals surface area contributed by atoms with Crippen LogP contribution in [0.2, 0.25) is 0 Å². The van der Waals surface area contributed by atoms with E-state index in [-0.39, 0.29) is 5.54 Å². The minimum atomic E-state index is -0.166. The molecule has 3 nitrogen and oxygen atoms in total. The summed E-state index contributed by atoms with van der Waals surface area (Å²) in [5, 5.41) is 0. The number of rotatable bonds is 1. The normalized spacial score (nSPS) is 33.5. The van der Waals surface area contributed by atoms with E-state index in [0.29, 0.717) is 0 Å². The maximum atomic E-state index is 6.29. The van der Waals surface area contributed by atoms with Gasteiger partial charge in [-0.25, -0.2) is 9.97 Å². The third-order valence-corrected chi connectivity index (χ3v) is 2.93. The summed E-state index contributed by atoms with van der Waals surface area (Å²) < 4.78 is 0. The van der Waals surface area contributed by atoms with Crippen LogP contribution in [0.5, 0.6) is 0 Å². The van der Waals surface area contributed by atoms with Crippen LogP contribution in [0, 0.1) is 5.92 Å². The minimum Gasteiger partial charge on any atom is -0.321 e. The number of aromatic nitrogens is 2. The number of hydrogen-bond acceptors (Lipinski definition) is 3. The lowest BCUT2D eigenvalue weighted by atomic mass is 9.91. The van der Waals surface area contributed by atoms with E-state index >= 15 is 0 Å². The second-order valence-electron chi connectivity index (χ2n) is 4.13. The molecule has 1 aromatic rings. The largest absolute Gasteiger partial charge is 0.321 e. The molecule has 0 amide bonds. The molecule has 1 aliphatic carbocycles. The highest BCUT2D eigenvalue weighted by molar-refractivity contribution is 5.18. The maximum Gasteiger partial charge on any atom is 0.115 e. The van der Waals surface area contributed by atoms with Crippen molar-refractivity contribution in [1.82, 2.24) is 9.97 Å². The predicted molar refractivity (Wildman–Crippen MR) is 50.9 cm³/mol. The van der Waals surface area contributed by atoms with Gasteiger partial charge in [-0.1, -0.05) is 6.92 Å². The van der Waals surface area contributed by atoms with Gasteiger partial charge in [-0.3, -0.25) is 0 Å². The molecule has 2 atom stereocenters. The van der Waals surface area contributed by atoms with Crippen molar-refractivity contribution in [2.24, 2.45) is 11.7 Å². The van der Waals surface area contributed by atoms with Gasteiger partial charge in [0.2, 0.25) is 0 Å². The van der Waals surface area contributed by atoms with Gasteiger partial charge in [-0.15, -0.1) is 0 Å². The van der Waals surface area contributed by atoms with Gasteiger partial charge in [0.25, 0.3) is 0 Å². The highest BCUT2D eigenvalue weighted by Crippen LogP contribution is 2.38. The van der Waals surface area contributed by atoms with Crippen LogP contribution < -0.4 is 5.73 Å². The van der Waals surface area contributed by atoms with Crippen LogP contribution in [0.3, 0.4) is 0 Å². The van der Waals surface area contributed by atoms with E-state index < -0.39 is 0 Å². The number of nitrogens with two attached hydrogens (primary N) is 1. The molecule has 1 aromatic heterocycles. The first-order valence-electron chi connectivity index (χ1n) is 4.75. The van der Waals surface area contributed by atoms with E-state index in [4.69, 9.17) is 5.73 Å². The molecule has 1 saturated carbocycles. The van der Waals surface area contributed by atoms with Crippen LogP contribution in [-0.2, 0) is 5.54 Å². The van der Waals surface area contributed by atoms with Crippen molar-refractivity contribution in [1.29, 1.82) is 0 Å². The minimum absolute atomic E-state index is 0.166. The molecule has 2 rings (SSSR count). The van der Waals surface area contributed by atoms with Gasteiger partial charge in [0.15, 0.2) is 0 Å². The van der Waals surface area contributed by atoms with Gasteiger partial charge in [0.1, 0.15) is 6.33 Å². The third-order valence-electron chi connectivity index (χ3n) is 2.93. The van der Waals surface area contributed by atoms with Crippen LogP contribution in [0.4, 0.5) is 0 Å². The molecule has 1 aliphatic rings. The fraction of sp³-hybridized carbons (Fsp3) is 0.600. The molecule has 13 heavy (non-hydrogen) atoms. The fourth-order valence-corrected chi connectivity index (χ4v) is 2.15. The Morgan fingerprint density at radius 3 is 2.69 bits per heavy atom. The van der Waals surface area contributed by atoms with Crippen LogP contribution >= 0.6 is 0 Å². The zero-order valence-electron chi connectivity index (χ0n) is 7.90. The second-order valence-corrected chi connectivity index (χ2v) is 4.13. The number of nitrogens with zero attached hydrogens (tertiary/aromatic N) is 2. The first-order chi connectivity index (χ1) is 6.21. The van der Waals surface area contributed by atoms with Gasteiger partial charge in [-0.05, 0) is 25.2 Å². The Morgan fingerprint density at radius 2 is 2.15 bits per heavy atom. The van der Waals surface area contributed by atoms with E-state index in [1.54, 1.807) is 6.33 Å². The van der Waals surface area contributed by atoms with Crippen molar-refractivity contribution in [2.45, 2.75) is 31.7 Å². The molecule has 3 heteroatoms. The maximum absolute atomic E-state index is 6.29. The molecule has 0 radical (unpaired) electrons. The monoisotopic (exact) mass is 177 g/mol. The topological polar surface area (TPSA) is 51.8 Å². The van der Waals surface area contributed by atoms with E-state index in [2.05, 4.69) is 16.9 Å². The first-order valence-corrected chi connectivity index (χ1v) is 4.75. The quantitative estimate of drug-likeness (QED) is 0.706. The summed E-state index contributed by atoms with van der Waals surface area (Å²) in [6.45, 7) is 2.25. The van der Waals surface area contributed by atoms with E-state index in [1.165, 1.54) is 6.42 Å². The molecule has 2 unspecified atom stereocenters. The van der Waals surface area contributed by atoms with Crippen molar-refractivity contribution in [3.05, 3.63) is 24.3 Å². The lowest BCUT2D eigenvalue weighted by Gasteiger charge is -2.23. The average molecular weight is 177 g/mol. The predicted octanol–water partition coefficient (Wildman–Crippen LogP) is 1.45. The molecule has 70 valence electrons. The molecule has 0 saturated heterocycles. The average Bonchev–Trinajstić information content (AvgIpc) is 2.49. The van der Waals surface area contributed by atoms with Crippen LogP contribution in [-0.4, -0.2) is 9.97 Å². The molecule has 0 aromatic carbocycles. The van der Waals surface area contributed by atoms with Crippen LogP contribution in [0.25, 0.3) is 0 Å². The van der Waals surface area contributed by atoms with Gasteiger partial charge in [0.05, 0.1) is 0 Å². The molecule has 0 bridgehead atoms. The summed E-state index contributed by atoms with van der Waals surface area (Å²) in [6.07, 6.45) is 8.55. The summed E-state index contributed by atoms with van der Waals surface area (Å²) in [7, 11) is 0. The molecular weight excluding hydrogens is 162 g/mol. The number of hydrogen-bond donors (Lipinski definition) is 1. The molecule has 1 fully saturated rings. The second kappa shape index (κ2) is 3.07. The van der Waals surface area contributed by atoms with Crippen molar-refractivity contribution >= 4 is 0 Å². The molecule has 0 spiro atoms. The zero-order chi connectivity index (χ0) is 9.31. The Labute approximate surface area is 78.4 Å². The standard InChI is InChI=1S/C10H15N3/c1-8-2-3-10(11,4-8)9-5-12-7-13-6-9/h5-8H,2-4,11H2,1H3. The first kappa shape index (κ1) is 8.63. The Balaban J connectivity index is 2.26. The Morgan fingerprint density at radius 1 is 1.46 bits per heavy atom. The SMILES string of the molecule is CC1CCC(N)(c2cncnc2)C1. The summed E-state index contributed by atoms with van der Waals surface area (Å²) in [5.74, 6) is 0.727. The Bertz CT molecular complexity index is 285. The lowest BCUT2D eigenvalue weighted by molar-refractivity contribution is 0.437. The molecule has 1 heterocycles. The van der Waals surface area contributed by atoms with Crippen LogP contribution in [0.1, 0.15) is 31.7 Å². The summed E-state index contributed by atoms with van der Waals surface area (Å²) in [6, 6.07) is 0. The summed E-state index contributed by atoms with van der Waals surface area (Å²) in [4.78, 5) is 8.02. The van der Waals surface area contributed by atoms with Gasteiger partial charge < -0.3 is 5.73 Å². The summed E-state index contributed by atoms with van der Waals surface area (Å²) in [5.41, 5.74) is 7.21. The zero-order valence-corrected chi connectivity index (χ0v) is 7.90. The smallest absolute Gasteiger partial charge is 0.115 e. The highest BCUT2D eigenvalue weighted by atomic mass is 14.8. The summed E-state index contributed by atoms with van der Waals surface area (Å²) >= 11 is 0. The van der Waals surface area contributed by atoms with Crippen molar-refractivity contribution in [3.8, 4) is 0 Å². The van der Waals surface area contributed by atoms with E-state index in [9.17, 15) is 0 Å². The highest BCUT2D eigenvalue weighted by Gasteiger charge is 2.35. The van der Waals surface area contributed by atoms with Crippen LogP contribution in [0.15, 0.2) is 18.7 Å². The van der Waals surface area contributed by atoms with Gasteiger partial charge >= 0.3 is 0 Å². The molecule has 0 aliphatic heterocycles. The Kier molecular flexibility index (Phi) is 2.04. The van der Waals surface area contributed by atoms with Crippen molar-refractivity contribution in [2.75, 3.05) is 0 Å². The lowest BCUT2D eigenvalue weighted by Crippen LogP contribution is -2.33. The van der Waals surface area contributed by atoms with E-state index in [0.717, 1.165) is 24.3 Å². The molecule has 2 N–H and O–H groups in total.